The summed E-state index contributed by atoms with van der Waals surface area (Å²) in [6.07, 6.45) is 7.46. The first kappa shape index (κ1) is 24.6. The Kier molecular flexibility index (Phi) is 7.79. The molecule has 1 aliphatic heterocycles. The Morgan fingerprint density at radius 3 is 2.67 bits per heavy atom. The van der Waals surface area contributed by atoms with Gasteiger partial charge in [0.25, 0.3) is 5.91 Å². The average Bonchev–Trinajstić information content (AvgIpc) is 3.35. The van der Waals surface area contributed by atoms with Crippen LogP contribution < -0.4 is 5.32 Å². The van der Waals surface area contributed by atoms with Crippen LogP contribution in [-0.2, 0) is 17.8 Å². The van der Waals surface area contributed by atoms with Crippen molar-refractivity contribution in [2.75, 3.05) is 18.1 Å². The van der Waals surface area contributed by atoms with Gasteiger partial charge in [-0.05, 0) is 81.4 Å². The highest BCUT2D eigenvalue weighted by Gasteiger charge is 2.48. The number of thioether (sulfide) groups is 1. The second-order valence-corrected chi connectivity index (χ2v) is 12.5. The van der Waals surface area contributed by atoms with Crippen molar-refractivity contribution in [2.24, 2.45) is 5.92 Å². The molecule has 2 amide bonds. The normalized spacial score (nSPS) is 25.5. The number of carbonyl (C=O) groups is 2. The van der Waals surface area contributed by atoms with Gasteiger partial charge in [0, 0.05) is 17.5 Å². The highest BCUT2D eigenvalue weighted by atomic mass is 32.2. The molecule has 0 saturated heterocycles. The summed E-state index contributed by atoms with van der Waals surface area (Å²) in [6.45, 7) is 9.77. The molecule has 1 fully saturated rings. The fourth-order valence-electron chi connectivity index (χ4n) is 5.23. The lowest BCUT2D eigenvalue weighted by atomic mass is 9.86. The highest BCUT2D eigenvalue weighted by Crippen LogP contribution is 2.36. The van der Waals surface area contributed by atoms with E-state index in [-0.39, 0.29) is 17.9 Å². The number of rotatable bonds is 9. The first-order valence-corrected chi connectivity index (χ1v) is 14.7. The van der Waals surface area contributed by atoms with Crippen molar-refractivity contribution in [3.05, 3.63) is 22.7 Å². The number of thiophene rings is 1. The number of carbonyl (C=O) groups excluding carboxylic acids is 2. The maximum Gasteiger partial charge on any atom is 0.271 e. The quantitative estimate of drug-likeness (QED) is 0.459. The van der Waals surface area contributed by atoms with Gasteiger partial charge in [-0.15, -0.1) is 11.3 Å². The molecule has 5 nitrogen and oxygen atoms in total. The molecule has 0 unspecified atom stereocenters. The average molecular weight is 490 g/mol. The molecule has 0 aromatic carbocycles. The molecule has 1 N–H and O–H groups in total. The Hall–Kier alpha value is -1.47. The molecular formula is C26H39N3O2S2. The molecular weight excluding hydrogens is 450 g/mol. The third-order valence-corrected chi connectivity index (χ3v) is 9.86. The third-order valence-electron chi connectivity index (χ3n) is 7.37. The van der Waals surface area contributed by atoms with E-state index in [0.29, 0.717) is 13.1 Å². The van der Waals surface area contributed by atoms with E-state index in [0.717, 1.165) is 78.3 Å². The van der Waals surface area contributed by atoms with Crippen LogP contribution in [0.4, 0.5) is 0 Å². The third kappa shape index (κ3) is 5.00. The highest BCUT2D eigenvalue weighted by molar-refractivity contribution is 7.99. The number of amides is 2. The van der Waals surface area contributed by atoms with E-state index in [1.807, 2.05) is 29.7 Å². The molecule has 2 aliphatic rings. The van der Waals surface area contributed by atoms with Crippen molar-refractivity contribution in [3.63, 3.8) is 0 Å². The zero-order chi connectivity index (χ0) is 23.6. The van der Waals surface area contributed by atoms with E-state index in [2.05, 4.69) is 36.7 Å². The van der Waals surface area contributed by atoms with Gasteiger partial charge in [0.15, 0.2) is 0 Å². The number of nitrogens with zero attached hydrogens (tertiary/aromatic N) is 2. The summed E-state index contributed by atoms with van der Waals surface area (Å²) in [7, 11) is 0. The van der Waals surface area contributed by atoms with Gasteiger partial charge < -0.3 is 14.8 Å². The Morgan fingerprint density at radius 2 is 1.97 bits per heavy atom. The van der Waals surface area contributed by atoms with Crippen molar-refractivity contribution in [3.8, 4) is 0 Å². The fraction of sp³-hybridized carbons (Fsp3) is 0.692. The van der Waals surface area contributed by atoms with Crippen LogP contribution in [-0.4, -0.2) is 50.9 Å². The molecule has 4 rings (SSSR count). The van der Waals surface area contributed by atoms with Crippen LogP contribution in [0.3, 0.4) is 0 Å². The second-order valence-electron chi connectivity index (χ2n) is 10.1. The predicted molar refractivity (Wildman–Crippen MR) is 140 cm³/mol. The molecule has 1 aliphatic carbocycles. The van der Waals surface area contributed by atoms with Gasteiger partial charge in [0.2, 0.25) is 5.91 Å². The maximum atomic E-state index is 13.8. The van der Waals surface area contributed by atoms with Crippen LogP contribution in [0.5, 0.6) is 0 Å². The molecule has 0 spiro atoms. The minimum Gasteiger partial charge on any atom is -0.351 e. The Morgan fingerprint density at radius 1 is 1.21 bits per heavy atom. The van der Waals surface area contributed by atoms with Gasteiger partial charge in [-0.2, -0.15) is 11.8 Å². The van der Waals surface area contributed by atoms with E-state index in [4.69, 9.17) is 0 Å². The zero-order valence-electron chi connectivity index (χ0n) is 20.6. The molecule has 182 valence electrons. The Balaban J connectivity index is 1.60. The molecule has 33 heavy (non-hydrogen) atoms. The number of hydrogen-bond acceptors (Lipinski definition) is 4. The van der Waals surface area contributed by atoms with Crippen molar-refractivity contribution in [1.82, 2.24) is 14.8 Å². The molecule has 3 heterocycles. The lowest BCUT2D eigenvalue weighted by Crippen LogP contribution is -2.65. The van der Waals surface area contributed by atoms with Crippen LogP contribution in [0.15, 0.2) is 12.1 Å². The zero-order valence-corrected chi connectivity index (χ0v) is 22.2. The second kappa shape index (κ2) is 10.4. The number of nitrogens with one attached hydrogen (secondary N) is 1. The molecule has 2 aromatic heterocycles. The van der Waals surface area contributed by atoms with Gasteiger partial charge >= 0.3 is 0 Å². The van der Waals surface area contributed by atoms with E-state index >= 15 is 0 Å². The van der Waals surface area contributed by atoms with Gasteiger partial charge in [0.1, 0.15) is 11.2 Å². The van der Waals surface area contributed by atoms with Crippen LogP contribution in [0.1, 0.15) is 81.6 Å². The van der Waals surface area contributed by atoms with Gasteiger partial charge in [0.05, 0.1) is 16.8 Å². The topological polar surface area (TPSA) is 54.3 Å². The van der Waals surface area contributed by atoms with Crippen LogP contribution in [0.25, 0.3) is 10.2 Å². The van der Waals surface area contributed by atoms with E-state index in [1.165, 1.54) is 4.88 Å². The molecule has 0 radical (unpaired) electrons. The van der Waals surface area contributed by atoms with Crippen LogP contribution in [0.2, 0.25) is 0 Å². The minimum atomic E-state index is -0.872. The molecule has 0 bridgehead atoms. The van der Waals surface area contributed by atoms with Crippen molar-refractivity contribution < 1.29 is 9.59 Å². The van der Waals surface area contributed by atoms with E-state index in [1.54, 1.807) is 11.3 Å². The first-order chi connectivity index (χ1) is 15.9. The number of aromatic nitrogens is 1. The molecule has 1 atom stereocenters. The lowest BCUT2D eigenvalue weighted by molar-refractivity contribution is -0.133. The number of aryl methyl sites for hydroxylation is 1. The summed E-state index contributed by atoms with van der Waals surface area (Å²) in [4.78, 5) is 30.7. The number of fused-ring (bicyclic) bond motifs is 3. The van der Waals surface area contributed by atoms with Crippen molar-refractivity contribution >= 4 is 45.1 Å². The van der Waals surface area contributed by atoms with Crippen LogP contribution >= 0.6 is 23.1 Å². The lowest BCUT2D eigenvalue weighted by Gasteiger charge is -2.45. The summed E-state index contributed by atoms with van der Waals surface area (Å²) < 4.78 is 3.26. The van der Waals surface area contributed by atoms with E-state index < -0.39 is 5.54 Å². The fourth-order valence-corrected chi connectivity index (χ4v) is 7.10. The summed E-state index contributed by atoms with van der Waals surface area (Å²) in [5.41, 5.74) is 0.962. The summed E-state index contributed by atoms with van der Waals surface area (Å²) in [5.74, 6) is 2.91. The van der Waals surface area contributed by atoms with Gasteiger partial charge in [-0.3, -0.25) is 9.59 Å². The standard InChI is InChI=1S/C26H39N3O2S2/c1-5-13-32-14-7-12-29-24(30)22-16-23-21(15-20(6-2)33-23)28(22)17-26(29,4)25(31)27-19-10-8-18(3)9-11-19/h15-16,18-19H,5-14,17H2,1-4H3,(H,27,31)/t18?,19?,26-/m0/s1. The molecule has 1 saturated carbocycles. The van der Waals surface area contributed by atoms with Crippen molar-refractivity contribution in [1.29, 1.82) is 0 Å². The first-order valence-electron chi connectivity index (χ1n) is 12.7. The van der Waals surface area contributed by atoms with Gasteiger partial charge in [-0.25, -0.2) is 0 Å². The smallest absolute Gasteiger partial charge is 0.271 e. The summed E-state index contributed by atoms with van der Waals surface area (Å²) in [6, 6.07) is 4.47. The molecule has 7 heteroatoms. The summed E-state index contributed by atoms with van der Waals surface area (Å²) >= 11 is 3.70. The minimum absolute atomic E-state index is 0.00175. The maximum absolute atomic E-state index is 13.8. The molecule has 2 aromatic rings. The van der Waals surface area contributed by atoms with E-state index in [9.17, 15) is 9.59 Å². The summed E-state index contributed by atoms with van der Waals surface area (Å²) in [5, 5.41) is 3.35. The van der Waals surface area contributed by atoms with Gasteiger partial charge in [-0.1, -0.05) is 20.8 Å². The Bertz CT molecular complexity index is 989. The predicted octanol–water partition coefficient (Wildman–Crippen LogP) is 5.71. The Labute approximate surface area is 206 Å². The SMILES string of the molecule is CCCSCCCN1C(=O)c2cc3sc(CC)cc3n2C[C@@]1(C)C(=O)NC1CCC(C)CC1. The number of hydrogen-bond donors (Lipinski definition) is 1. The van der Waals surface area contributed by atoms with Crippen molar-refractivity contribution in [2.45, 2.75) is 90.8 Å². The largest absolute Gasteiger partial charge is 0.351 e. The monoisotopic (exact) mass is 489 g/mol. The van der Waals surface area contributed by atoms with Crippen LogP contribution in [0, 0.1) is 5.92 Å².